The number of alkyl halides is 3. The summed E-state index contributed by atoms with van der Waals surface area (Å²) in [7, 11) is 0. The minimum atomic E-state index is -4.94. The number of hydrogen-bond donors (Lipinski definition) is 2. The van der Waals surface area contributed by atoms with Crippen LogP contribution in [-0.2, 0) is 15.8 Å². The van der Waals surface area contributed by atoms with Crippen LogP contribution in [0.4, 0.5) is 24.8 Å². The lowest BCUT2D eigenvalue weighted by Crippen LogP contribution is -2.51. The third-order valence-electron chi connectivity index (χ3n) is 7.04. The summed E-state index contributed by atoms with van der Waals surface area (Å²) < 4.78 is 45.6. The van der Waals surface area contributed by atoms with Gasteiger partial charge in [-0.3, -0.25) is 14.4 Å². The van der Waals surface area contributed by atoms with Crippen molar-refractivity contribution < 1.29 is 37.1 Å². The van der Waals surface area contributed by atoms with Gasteiger partial charge in [0.1, 0.15) is 0 Å². The fraction of sp³-hybridized carbons (Fsp3) is 0.385. The number of aliphatic carboxylic acids is 1. The Morgan fingerprint density at radius 1 is 0.975 bits per heavy atom. The predicted octanol–water partition coefficient (Wildman–Crippen LogP) is 3.55. The van der Waals surface area contributed by atoms with Crippen molar-refractivity contribution in [1.82, 2.24) is 19.9 Å². The third-order valence-corrected chi connectivity index (χ3v) is 7.04. The van der Waals surface area contributed by atoms with E-state index < -0.39 is 41.3 Å². The Morgan fingerprint density at radius 3 is 2.25 bits per heavy atom. The number of rotatable bonds is 6. The molecular formula is C26H25F3N6O5. The minimum Gasteiger partial charge on any atom is -0.481 e. The maximum atomic E-state index is 13.6. The van der Waals surface area contributed by atoms with Gasteiger partial charge in [-0.15, -0.1) is 0 Å². The first-order chi connectivity index (χ1) is 19.1. The lowest BCUT2D eigenvalue weighted by atomic mass is 9.94. The lowest BCUT2D eigenvalue weighted by Gasteiger charge is -2.36. The van der Waals surface area contributed by atoms with Crippen LogP contribution in [0.15, 0.2) is 47.1 Å². The van der Waals surface area contributed by atoms with Crippen LogP contribution in [0, 0.1) is 11.8 Å². The lowest BCUT2D eigenvalue weighted by molar-refractivity contribution is -0.153. The van der Waals surface area contributed by atoms with Gasteiger partial charge in [0.05, 0.1) is 29.9 Å². The van der Waals surface area contributed by atoms with Gasteiger partial charge >= 0.3 is 12.1 Å². The van der Waals surface area contributed by atoms with Crippen molar-refractivity contribution in [2.24, 2.45) is 11.8 Å². The fourth-order valence-electron chi connectivity index (χ4n) is 5.02. The number of nitrogens with zero attached hydrogens (tertiary/aromatic N) is 5. The molecule has 5 rings (SSSR count). The van der Waals surface area contributed by atoms with Crippen LogP contribution in [0.2, 0.25) is 0 Å². The summed E-state index contributed by atoms with van der Waals surface area (Å²) in [6.07, 6.45) is -0.628. The van der Waals surface area contributed by atoms with Gasteiger partial charge in [0, 0.05) is 31.7 Å². The largest absolute Gasteiger partial charge is 0.481 e. The maximum Gasteiger partial charge on any atom is 0.452 e. The number of amides is 2. The minimum absolute atomic E-state index is 0.0564. The van der Waals surface area contributed by atoms with Crippen LogP contribution in [0.1, 0.15) is 35.5 Å². The van der Waals surface area contributed by atoms with Crippen LogP contribution in [0.25, 0.3) is 11.5 Å². The number of hydrogen-bond acceptors (Lipinski definition) is 8. The number of benzene rings is 1. The number of carboxylic acids is 1. The molecule has 3 aromatic rings. The van der Waals surface area contributed by atoms with Crippen molar-refractivity contribution in [3.05, 3.63) is 54.2 Å². The summed E-state index contributed by atoms with van der Waals surface area (Å²) >= 11 is 0. The number of oxazole rings is 1. The standard InChI is InChI=1S/C26H25F3N6O5/c27-26(28,29)20-19(33-22(40-20)15-5-2-1-3-6-15)21(36)32-16-13-30-25(31-14-16)35-11-9-34(10-12-35)23(37)17-7-4-8-18(17)24(38)39/h1-3,5-6,13-14,17-18H,4,7-12H2,(H,32,36)(H,38,39)/t17-,18-/m1/s1. The Kier molecular flexibility index (Phi) is 7.41. The number of carbonyl (C=O) groups excluding carboxylic acids is 2. The van der Waals surface area contributed by atoms with Crippen molar-refractivity contribution in [2.45, 2.75) is 25.4 Å². The van der Waals surface area contributed by atoms with Crippen LogP contribution in [-0.4, -0.2) is 68.9 Å². The molecule has 0 unspecified atom stereocenters. The van der Waals surface area contributed by atoms with Crippen molar-refractivity contribution in [3.8, 4) is 11.5 Å². The Balaban J connectivity index is 1.22. The van der Waals surface area contributed by atoms with E-state index in [1.54, 1.807) is 23.1 Å². The molecule has 2 aromatic heterocycles. The van der Waals surface area contributed by atoms with Gasteiger partial charge < -0.3 is 24.6 Å². The molecule has 210 valence electrons. The van der Waals surface area contributed by atoms with E-state index >= 15 is 0 Å². The Morgan fingerprint density at radius 2 is 1.62 bits per heavy atom. The zero-order valence-corrected chi connectivity index (χ0v) is 21.1. The van der Waals surface area contributed by atoms with E-state index in [4.69, 9.17) is 4.42 Å². The molecule has 2 aliphatic rings. The highest BCUT2D eigenvalue weighted by Gasteiger charge is 2.42. The molecule has 0 spiro atoms. The van der Waals surface area contributed by atoms with Gasteiger partial charge in [-0.25, -0.2) is 15.0 Å². The molecule has 0 radical (unpaired) electrons. The molecule has 1 aliphatic heterocycles. The molecule has 2 amide bonds. The molecule has 40 heavy (non-hydrogen) atoms. The molecular weight excluding hydrogens is 533 g/mol. The average Bonchev–Trinajstić information content (AvgIpc) is 3.62. The van der Waals surface area contributed by atoms with Crippen molar-refractivity contribution in [3.63, 3.8) is 0 Å². The molecule has 2 N–H and O–H groups in total. The second-order valence-electron chi connectivity index (χ2n) is 9.58. The van der Waals surface area contributed by atoms with Crippen molar-refractivity contribution in [1.29, 1.82) is 0 Å². The Hall–Kier alpha value is -4.49. The van der Waals surface area contributed by atoms with Gasteiger partial charge in [-0.2, -0.15) is 13.2 Å². The highest BCUT2D eigenvalue weighted by molar-refractivity contribution is 6.03. The van der Waals surface area contributed by atoms with E-state index in [0.29, 0.717) is 51.4 Å². The van der Waals surface area contributed by atoms with Crippen LogP contribution in [0.5, 0.6) is 0 Å². The molecule has 0 bridgehead atoms. The third kappa shape index (κ3) is 5.60. The second-order valence-corrected chi connectivity index (χ2v) is 9.58. The number of carbonyl (C=O) groups is 3. The Bertz CT molecular complexity index is 1390. The highest BCUT2D eigenvalue weighted by Crippen LogP contribution is 2.36. The number of nitrogens with one attached hydrogen (secondary N) is 1. The molecule has 1 saturated heterocycles. The number of halogens is 3. The SMILES string of the molecule is O=C(Nc1cnc(N2CCN(C(=O)[C@@H]3CCC[C@H]3C(=O)O)CC2)nc1)c1nc(-c2ccccc2)oc1C(F)(F)F. The van der Waals surface area contributed by atoms with Gasteiger partial charge in [0.25, 0.3) is 5.91 Å². The molecule has 11 nitrogen and oxygen atoms in total. The molecule has 14 heteroatoms. The second kappa shape index (κ2) is 10.9. The van der Waals surface area contributed by atoms with E-state index in [1.165, 1.54) is 24.5 Å². The summed E-state index contributed by atoms with van der Waals surface area (Å²) in [6, 6.07) is 7.91. The summed E-state index contributed by atoms with van der Waals surface area (Å²) in [4.78, 5) is 52.7. The van der Waals surface area contributed by atoms with Gasteiger partial charge in [-0.05, 0) is 25.0 Å². The molecule has 1 aromatic carbocycles. The first-order valence-electron chi connectivity index (χ1n) is 12.6. The molecule has 1 aliphatic carbocycles. The summed E-state index contributed by atoms with van der Waals surface area (Å²) in [5.41, 5.74) is -0.573. The number of piperazine rings is 1. The monoisotopic (exact) mass is 558 g/mol. The van der Waals surface area contributed by atoms with Gasteiger partial charge in [-0.1, -0.05) is 24.6 Å². The van der Waals surface area contributed by atoms with Crippen molar-refractivity contribution in [2.75, 3.05) is 36.4 Å². The van der Waals surface area contributed by atoms with Crippen molar-refractivity contribution >= 4 is 29.4 Å². The quantitative estimate of drug-likeness (QED) is 0.465. The average molecular weight is 559 g/mol. The van der Waals surface area contributed by atoms with Gasteiger partial charge in [0.2, 0.25) is 23.5 Å². The first-order valence-corrected chi connectivity index (χ1v) is 12.6. The molecule has 3 heterocycles. The van der Waals surface area contributed by atoms with E-state index in [1.807, 2.05) is 4.90 Å². The molecule has 2 fully saturated rings. The number of carboxylic acid groups (broad SMARTS) is 1. The molecule has 1 saturated carbocycles. The number of anilines is 2. The summed E-state index contributed by atoms with van der Waals surface area (Å²) in [5.74, 6) is -4.91. The Labute approximate surface area is 226 Å². The zero-order chi connectivity index (χ0) is 28.4. The van der Waals surface area contributed by atoms with E-state index in [-0.39, 0.29) is 23.0 Å². The highest BCUT2D eigenvalue weighted by atomic mass is 19.4. The summed E-state index contributed by atoms with van der Waals surface area (Å²) in [6.45, 7) is 1.58. The van der Waals surface area contributed by atoms with Crippen LogP contribution >= 0.6 is 0 Å². The predicted molar refractivity (Wildman–Crippen MR) is 134 cm³/mol. The van der Waals surface area contributed by atoms with Crippen LogP contribution < -0.4 is 10.2 Å². The first kappa shape index (κ1) is 27.1. The maximum absolute atomic E-state index is 13.6. The zero-order valence-electron chi connectivity index (χ0n) is 21.1. The van der Waals surface area contributed by atoms with E-state index in [2.05, 4.69) is 20.3 Å². The fourth-order valence-corrected chi connectivity index (χ4v) is 5.02. The van der Waals surface area contributed by atoms with Gasteiger partial charge in [0.15, 0.2) is 5.69 Å². The number of aromatic nitrogens is 3. The summed E-state index contributed by atoms with van der Waals surface area (Å²) in [5, 5.41) is 11.7. The van der Waals surface area contributed by atoms with E-state index in [9.17, 15) is 32.7 Å². The normalized spacial score (nSPS) is 19.5. The smallest absolute Gasteiger partial charge is 0.452 e. The molecule has 2 atom stereocenters. The van der Waals surface area contributed by atoms with Crippen LogP contribution in [0.3, 0.4) is 0 Å². The van der Waals surface area contributed by atoms with E-state index in [0.717, 1.165) is 0 Å². The topological polar surface area (TPSA) is 142 Å².